The van der Waals surface area contributed by atoms with Crippen molar-refractivity contribution in [3.05, 3.63) is 18.2 Å². The summed E-state index contributed by atoms with van der Waals surface area (Å²) < 4.78 is 6.93. The van der Waals surface area contributed by atoms with Crippen molar-refractivity contribution in [2.45, 2.75) is 38.3 Å². The third-order valence-corrected chi connectivity index (χ3v) is 2.97. The van der Waals surface area contributed by atoms with Crippen molar-refractivity contribution in [2.75, 3.05) is 13.7 Å². The number of methoxy groups -OCH3 is 1. The zero-order chi connectivity index (χ0) is 12.3. The highest BCUT2D eigenvalue weighted by molar-refractivity contribution is 5.76. The number of nitrogens with zero attached hydrogens (tertiary/aromatic N) is 2. The van der Waals surface area contributed by atoms with Gasteiger partial charge in [0, 0.05) is 6.04 Å². The topological polar surface area (TPSA) is 56.1 Å². The van der Waals surface area contributed by atoms with Gasteiger partial charge < -0.3 is 9.30 Å². The number of carbonyl (C=O) groups excluding carboxylic acids is 1. The summed E-state index contributed by atoms with van der Waals surface area (Å²) >= 11 is 0. The fraction of sp³-hybridized carbons (Fsp3) is 0.667. The molecule has 0 spiro atoms. The van der Waals surface area contributed by atoms with Crippen LogP contribution in [0.1, 0.15) is 44.0 Å². The number of carbonyl (C=O) groups is 1. The van der Waals surface area contributed by atoms with Crippen LogP contribution in [-0.2, 0) is 9.53 Å². The van der Waals surface area contributed by atoms with Crippen molar-refractivity contribution < 1.29 is 9.53 Å². The van der Waals surface area contributed by atoms with E-state index in [0.29, 0.717) is 6.04 Å². The molecule has 94 valence electrons. The molecule has 1 saturated carbocycles. The lowest BCUT2D eigenvalue weighted by atomic mass is 10.2. The number of esters is 1. The van der Waals surface area contributed by atoms with Crippen molar-refractivity contribution in [1.29, 1.82) is 0 Å². The summed E-state index contributed by atoms with van der Waals surface area (Å²) in [5.74, 6) is -0.249. The first-order valence-electron chi connectivity index (χ1n) is 6.10. The van der Waals surface area contributed by atoms with Gasteiger partial charge in [-0.2, -0.15) is 0 Å². The molecule has 0 aliphatic heterocycles. The van der Waals surface area contributed by atoms with Crippen LogP contribution in [0.5, 0.6) is 0 Å². The normalized spacial score (nSPS) is 16.8. The zero-order valence-electron chi connectivity index (χ0n) is 10.3. The van der Waals surface area contributed by atoms with Crippen LogP contribution in [0.25, 0.3) is 0 Å². The van der Waals surface area contributed by atoms with Crippen LogP contribution in [-0.4, -0.2) is 29.2 Å². The molecule has 1 aliphatic rings. The van der Waals surface area contributed by atoms with Crippen LogP contribution in [0.15, 0.2) is 12.5 Å². The lowest BCUT2D eigenvalue weighted by Gasteiger charge is -2.17. The van der Waals surface area contributed by atoms with E-state index in [2.05, 4.69) is 21.8 Å². The van der Waals surface area contributed by atoms with Gasteiger partial charge in [-0.15, -0.1) is 0 Å². The minimum Gasteiger partial charge on any atom is -0.468 e. The van der Waals surface area contributed by atoms with Crippen molar-refractivity contribution in [2.24, 2.45) is 0 Å². The Morgan fingerprint density at radius 3 is 3.06 bits per heavy atom. The Balaban J connectivity index is 2.17. The van der Waals surface area contributed by atoms with Crippen LogP contribution in [0.3, 0.4) is 0 Å². The predicted molar refractivity (Wildman–Crippen MR) is 63.5 cm³/mol. The van der Waals surface area contributed by atoms with Crippen LogP contribution in [0, 0.1) is 0 Å². The van der Waals surface area contributed by atoms with Gasteiger partial charge in [0.25, 0.3) is 0 Å². The maximum Gasteiger partial charge on any atom is 0.329 e. The Morgan fingerprint density at radius 2 is 2.47 bits per heavy atom. The quantitative estimate of drug-likeness (QED) is 0.760. The Bertz CT molecular complexity index is 385. The minimum absolute atomic E-state index is 0.249. The summed E-state index contributed by atoms with van der Waals surface area (Å²) in [5, 5.41) is 3.21. The maximum absolute atomic E-state index is 11.8. The first kappa shape index (κ1) is 12.1. The highest BCUT2D eigenvalue weighted by Crippen LogP contribution is 2.37. The number of nitrogens with one attached hydrogen (secondary N) is 1. The van der Waals surface area contributed by atoms with E-state index in [9.17, 15) is 4.79 Å². The Kier molecular flexibility index (Phi) is 3.78. The molecule has 1 atom stereocenters. The van der Waals surface area contributed by atoms with Gasteiger partial charge in [-0.3, -0.25) is 5.32 Å². The van der Waals surface area contributed by atoms with E-state index in [1.165, 1.54) is 20.0 Å². The van der Waals surface area contributed by atoms with E-state index in [0.717, 1.165) is 18.7 Å². The highest BCUT2D eigenvalue weighted by Gasteiger charge is 2.30. The van der Waals surface area contributed by atoms with E-state index in [4.69, 9.17) is 4.74 Å². The lowest BCUT2D eigenvalue weighted by Crippen LogP contribution is -2.31. The summed E-state index contributed by atoms with van der Waals surface area (Å²) in [5.41, 5.74) is 0.910. The smallest absolute Gasteiger partial charge is 0.329 e. The highest BCUT2D eigenvalue weighted by atomic mass is 16.5. The number of ether oxygens (including phenoxy) is 1. The fourth-order valence-electron chi connectivity index (χ4n) is 1.91. The molecule has 1 fully saturated rings. The van der Waals surface area contributed by atoms with Gasteiger partial charge in [0.05, 0.1) is 25.3 Å². The average molecular weight is 237 g/mol. The summed E-state index contributed by atoms with van der Waals surface area (Å²) in [6.07, 6.45) is 6.88. The molecule has 0 bridgehead atoms. The van der Waals surface area contributed by atoms with Crippen LogP contribution in [0.2, 0.25) is 0 Å². The largest absolute Gasteiger partial charge is 0.468 e. The van der Waals surface area contributed by atoms with Gasteiger partial charge in [0.1, 0.15) is 6.04 Å². The molecule has 5 nitrogen and oxygen atoms in total. The Labute approximate surface area is 101 Å². The number of hydrogen-bond donors (Lipinski definition) is 1. The van der Waals surface area contributed by atoms with E-state index < -0.39 is 6.04 Å². The van der Waals surface area contributed by atoms with Crippen LogP contribution >= 0.6 is 0 Å². The second-order valence-corrected chi connectivity index (χ2v) is 4.37. The monoisotopic (exact) mass is 237 g/mol. The number of imidazole rings is 1. The van der Waals surface area contributed by atoms with Crippen LogP contribution < -0.4 is 5.32 Å². The molecule has 5 heteroatoms. The van der Waals surface area contributed by atoms with Crippen molar-refractivity contribution in [3.8, 4) is 0 Å². The Morgan fingerprint density at radius 1 is 1.71 bits per heavy atom. The van der Waals surface area contributed by atoms with E-state index in [1.54, 1.807) is 12.5 Å². The van der Waals surface area contributed by atoms with Crippen molar-refractivity contribution in [3.63, 3.8) is 0 Å². The molecule has 0 aromatic carbocycles. The molecule has 1 heterocycles. The van der Waals surface area contributed by atoms with Crippen molar-refractivity contribution in [1.82, 2.24) is 14.9 Å². The molecular formula is C12H19N3O2. The lowest BCUT2D eigenvalue weighted by molar-refractivity contribution is -0.143. The average Bonchev–Trinajstić information content (AvgIpc) is 3.09. The third-order valence-electron chi connectivity index (χ3n) is 2.97. The van der Waals surface area contributed by atoms with Gasteiger partial charge in [0.15, 0.2) is 0 Å². The molecule has 1 aromatic rings. The van der Waals surface area contributed by atoms with Gasteiger partial charge in [0.2, 0.25) is 0 Å². The van der Waals surface area contributed by atoms with Gasteiger partial charge in [-0.25, -0.2) is 9.78 Å². The van der Waals surface area contributed by atoms with Crippen molar-refractivity contribution >= 4 is 5.97 Å². The maximum atomic E-state index is 11.8. The molecule has 17 heavy (non-hydrogen) atoms. The second-order valence-electron chi connectivity index (χ2n) is 4.37. The third kappa shape index (κ3) is 2.66. The molecule has 0 radical (unpaired) electrons. The minimum atomic E-state index is -0.400. The summed E-state index contributed by atoms with van der Waals surface area (Å²) in [4.78, 5) is 15.9. The van der Waals surface area contributed by atoms with Gasteiger partial charge >= 0.3 is 5.97 Å². The van der Waals surface area contributed by atoms with Crippen LogP contribution in [0.4, 0.5) is 0 Å². The molecule has 1 unspecified atom stereocenters. The summed E-state index contributed by atoms with van der Waals surface area (Å²) in [6.45, 7) is 2.86. The molecule has 1 N–H and O–H groups in total. The standard InChI is InChI=1S/C12H19N3O2/c1-3-6-14-11(12(16)17-2)10-7-13-8-15(10)9-4-5-9/h7-9,11,14H,3-6H2,1-2H3. The predicted octanol–water partition coefficient (Wildman–Crippen LogP) is 1.43. The fourth-order valence-corrected chi connectivity index (χ4v) is 1.91. The molecule has 2 rings (SSSR count). The molecule has 0 amide bonds. The van der Waals surface area contributed by atoms with E-state index in [1.807, 2.05) is 0 Å². The summed E-state index contributed by atoms with van der Waals surface area (Å²) in [7, 11) is 1.42. The zero-order valence-corrected chi connectivity index (χ0v) is 10.3. The number of rotatable bonds is 6. The Hall–Kier alpha value is -1.36. The first-order chi connectivity index (χ1) is 8.27. The van der Waals surface area contributed by atoms with E-state index in [-0.39, 0.29) is 5.97 Å². The number of hydrogen-bond acceptors (Lipinski definition) is 4. The molecule has 1 aromatic heterocycles. The van der Waals surface area contributed by atoms with E-state index >= 15 is 0 Å². The second kappa shape index (κ2) is 5.31. The molecule has 0 saturated heterocycles. The SMILES string of the molecule is CCCNC(C(=O)OC)c1cncn1C1CC1. The molecular weight excluding hydrogens is 218 g/mol. The summed E-state index contributed by atoms with van der Waals surface area (Å²) in [6, 6.07) is 0.117. The van der Waals surface area contributed by atoms with Gasteiger partial charge in [-0.05, 0) is 25.8 Å². The molecule has 1 aliphatic carbocycles. The van der Waals surface area contributed by atoms with Gasteiger partial charge in [-0.1, -0.05) is 6.92 Å². The number of aromatic nitrogens is 2. The first-order valence-corrected chi connectivity index (χ1v) is 6.10.